The highest BCUT2D eigenvalue weighted by atomic mass is 15.3. The van der Waals surface area contributed by atoms with Crippen LogP contribution >= 0.6 is 0 Å². The van der Waals surface area contributed by atoms with Gasteiger partial charge in [0.25, 0.3) is 0 Å². The summed E-state index contributed by atoms with van der Waals surface area (Å²) in [6, 6.07) is 6.46. The van der Waals surface area contributed by atoms with Crippen molar-refractivity contribution in [1.29, 1.82) is 5.26 Å². The van der Waals surface area contributed by atoms with Crippen molar-refractivity contribution in [3.8, 4) is 6.07 Å². The van der Waals surface area contributed by atoms with Crippen molar-refractivity contribution >= 4 is 5.82 Å². The second-order valence-electron chi connectivity index (χ2n) is 5.22. The number of rotatable bonds is 3. The number of nitriles is 1. The molecule has 0 N–H and O–H groups in total. The van der Waals surface area contributed by atoms with Crippen molar-refractivity contribution in [3.63, 3.8) is 0 Å². The summed E-state index contributed by atoms with van der Waals surface area (Å²) in [6.07, 6.45) is 2.41. The molecule has 0 aromatic carbocycles. The molecule has 4 heteroatoms. The van der Waals surface area contributed by atoms with Crippen LogP contribution in [0, 0.1) is 18.3 Å². The lowest BCUT2D eigenvalue weighted by atomic mass is 10.2. The van der Waals surface area contributed by atoms with E-state index in [1.54, 1.807) is 0 Å². The van der Waals surface area contributed by atoms with Crippen LogP contribution in [0.2, 0.25) is 0 Å². The first kappa shape index (κ1) is 12.8. The quantitative estimate of drug-likeness (QED) is 0.813. The van der Waals surface area contributed by atoms with E-state index in [-0.39, 0.29) is 0 Å². The fourth-order valence-electron chi connectivity index (χ4n) is 2.61. The van der Waals surface area contributed by atoms with Crippen LogP contribution in [0.1, 0.15) is 24.1 Å². The molecule has 0 bridgehead atoms. The van der Waals surface area contributed by atoms with Crippen LogP contribution in [-0.4, -0.2) is 43.1 Å². The highest BCUT2D eigenvalue weighted by Gasteiger charge is 2.26. The Morgan fingerprint density at radius 2 is 2.28 bits per heavy atom. The minimum absolute atomic E-state index is 0.515. The zero-order chi connectivity index (χ0) is 13.1. The predicted octanol–water partition coefficient (Wildman–Crippen LogP) is 1.79. The minimum atomic E-state index is 0.515. The first-order chi connectivity index (χ1) is 8.60. The van der Waals surface area contributed by atoms with Crippen molar-refractivity contribution < 1.29 is 0 Å². The number of nitrogens with zero attached hydrogens (tertiary/aromatic N) is 4. The van der Waals surface area contributed by atoms with Crippen LogP contribution in [0.3, 0.4) is 0 Å². The number of aryl methyl sites for hydroxylation is 1. The molecule has 2 heterocycles. The summed E-state index contributed by atoms with van der Waals surface area (Å²) < 4.78 is 0. The van der Waals surface area contributed by atoms with Gasteiger partial charge in [-0.05, 0) is 46.0 Å². The molecule has 18 heavy (non-hydrogen) atoms. The molecule has 2 rings (SSSR count). The zero-order valence-electron chi connectivity index (χ0n) is 11.3. The lowest BCUT2D eigenvalue weighted by Gasteiger charge is -2.28. The molecule has 96 valence electrons. The Bertz CT molecular complexity index is 461. The molecule has 1 unspecified atom stereocenters. The number of likely N-dealkylation sites (N-methyl/N-ethyl adjacent to an activating group) is 1. The van der Waals surface area contributed by atoms with E-state index in [2.05, 4.69) is 34.9 Å². The average Bonchev–Trinajstić information content (AvgIpc) is 2.75. The fourth-order valence-corrected chi connectivity index (χ4v) is 2.61. The van der Waals surface area contributed by atoms with Crippen LogP contribution in [0.5, 0.6) is 0 Å². The van der Waals surface area contributed by atoms with Crippen molar-refractivity contribution in [2.45, 2.75) is 25.8 Å². The molecule has 0 amide bonds. The van der Waals surface area contributed by atoms with Gasteiger partial charge in [0.05, 0.1) is 11.6 Å². The number of hydrogen-bond acceptors (Lipinski definition) is 4. The first-order valence-electron chi connectivity index (χ1n) is 6.40. The van der Waals surface area contributed by atoms with Crippen LogP contribution in [0.25, 0.3) is 0 Å². The molecule has 0 aliphatic carbocycles. The maximum atomic E-state index is 9.04. The summed E-state index contributed by atoms with van der Waals surface area (Å²) in [5, 5.41) is 9.04. The van der Waals surface area contributed by atoms with Crippen LogP contribution in [-0.2, 0) is 0 Å². The summed E-state index contributed by atoms with van der Waals surface area (Å²) in [4.78, 5) is 9.13. The van der Waals surface area contributed by atoms with Gasteiger partial charge in [-0.2, -0.15) is 5.26 Å². The molecular formula is C14H20N4. The lowest BCUT2D eigenvalue weighted by molar-refractivity contribution is 0.371. The Hall–Kier alpha value is -1.60. The Labute approximate surface area is 109 Å². The molecule has 0 spiro atoms. The Balaban J connectivity index is 2.24. The molecule has 1 fully saturated rings. The molecule has 0 radical (unpaired) electrons. The zero-order valence-corrected chi connectivity index (χ0v) is 11.3. The molecule has 1 atom stereocenters. The van der Waals surface area contributed by atoms with Gasteiger partial charge in [0.2, 0.25) is 0 Å². The SMILES string of the molecule is Cc1cc(C#N)cc(N2CCCC2CN(C)C)n1. The smallest absolute Gasteiger partial charge is 0.130 e. The largest absolute Gasteiger partial charge is 0.352 e. The average molecular weight is 244 g/mol. The van der Waals surface area contributed by atoms with E-state index < -0.39 is 0 Å². The summed E-state index contributed by atoms with van der Waals surface area (Å²) in [7, 11) is 4.20. The summed E-state index contributed by atoms with van der Waals surface area (Å²) in [5.74, 6) is 0.955. The van der Waals surface area contributed by atoms with Gasteiger partial charge in [-0.25, -0.2) is 4.98 Å². The van der Waals surface area contributed by atoms with Gasteiger partial charge in [-0.3, -0.25) is 0 Å². The van der Waals surface area contributed by atoms with E-state index in [1.165, 1.54) is 12.8 Å². The van der Waals surface area contributed by atoms with Gasteiger partial charge in [-0.15, -0.1) is 0 Å². The van der Waals surface area contributed by atoms with E-state index in [4.69, 9.17) is 5.26 Å². The van der Waals surface area contributed by atoms with Crippen molar-refractivity contribution in [1.82, 2.24) is 9.88 Å². The summed E-state index contributed by atoms with van der Waals surface area (Å²) in [5.41, 5.74) is 1.62. The Morgan fingerprint density at radius 1 is 1.50 bits per heavy atom. The van der Waals surface area contributed by atoms with Crippen molar-refractivity contribution in [2.24, 2.45) is 0 Å². The third-order valence-electron chi connectivity index (χ3n) is 3.32. The third kappa shape index (κ3) is 2.80. The molecule has 1 aromatic heterocycles. The summed E-state index contributed by atoms with van der Waals surface area (Å²) in [6.45, 7) is 4.03. The fraction of sp³-hybridized carbons (Fsp3) is 0.571. The Kier molecular flexibility index (Phi) is 3.83. The third-order valence-corrected chi connectivity index (χ3v) is 3.32. The molecule has 0 saturated carbocycles. The monoisotopic (exact) mass is 244 g/mol. The van der Waals surface area contributed by atoms with E-state index in [1.807, 2.05) is 19.1 Å². The van der Waals surface area contributed by atoms with Gasteiger partial charge in [0.1, 0.15) is 5.82 Å². The van der Waals surface area contributed by atoms with E-state index in [9.17, 15) is 0 Å². The number of anilines is 1. The molecule has 4 nitrogen and oxygen atoms in total. The number of hydrogen-bond donors (Lipinski definition) is 0. The summed E-state index contributed by atoms with van der Waals surface area (Å²) >= 11 is 0. The lowest BCUT2D eigenvalue weighted by Crippen LogP contribution is -2.38. The van der Waals surface area contributed by atoms with E-state index in [0.29, 0.717) is 11.6 Å². The predicted molar refractivity (Wildman–Crippen MR) is 72.6 cm³/mol. The van der Waals surface area contributed by atoms with E-state index >= 15 is 0 Å². The van der Waals surface area contributed by atoms with E-state index in [0.717, 1.165) is 24.6 Å². The number of aromatic nitrogens is 1. The van der Waals surface area contributed by atoms with Gasteiger partial charge >= 0.3 is 0 Å². The maximum absolute atomic E-state index is 9.04. The van der Waals surface area contributed by atoms with Crippen LogP contribution in [0.15, 0.2) is 12.1 Å². The maximum Gasteiger partial charge on any atom is 0.130 e. The normalized spacial score (nSPS) is 19.3. The second-order valence-corrected chi connectivity index (χ2v) is 5.22. The first-order valence-corrected chi connectivity index (χ1v) is 6.40. The molecule has 1 aromatic rings. The van der Waals surface area contributed by atoms with Gasteiger partial charge < -0.3 is 9.80 Å². The number of pyridine rings is 1. The van der Waals surface area contributed by atoms with Crippen LogP contribution in [0.4, 0.5) is 5.82 Å². The molecular weight excluding hydrogens is 224 g/mol. The Morgan fingerprint density at radius 3 is 2.94 bits per heavy atom. The molecule has 1 aliphatic rings. The standard InChI is InChI=1S/C14H20N4/c1-11-7-12(9-15)8-14(16-11)18-6-4-5-13(18)10-17(2)3/h7-8,13H,4-6,10H2,1-3H3. The molecule has 1 aliphatic heterocycles. The highest BCUT2D eigenvalue weighted by Crippen LogP contribution is 2.25. The second kappa shape index (κ2) is 5.36. The van der Waals surface area contributed by atoms with Gasteiger partial charge in [0.15, 0.2) is 0 Å². The van der Waals surface area contributed by atoms with Gasteiger partial charge in [0, 0.05) is 24.8 Å². The van der Waals surface area contributed by atoms with Crippen molar-refractivity contribution in [3.05, 3.63) is 23.4 Å². The topological polar surface area (TPSA) is 43.2 Å². The van der Waals surface area contributed by atoms with Gasteiger partial charge in [-0.1, -0.05) is 0 Å². The molecule has 1 saturated heterocycles. The highest BCUT2D eigenvalue weighted by molar-refractivity contribution is 5.48. The van der Waals surface area contributed by atoms with Crippen LogP contribution < -0.4 is 4.90 Å². The van der Waals surface area contributed by atoms with Crippen molar-refractivity contribution in [2.75, 3.05) is 32.1 Å². The minimum Gasteiger partial charge on any atom is -0.352 e.